The number of nitrogens with one attached hydrogen (secondary N) is 2. The third kappa shape index (κ3) is 21.6. The minimum atomic E-state index is -0.493. The van der Waals surface area contributed by atoms with Crippen LogP contribution in [0.2, 0.25) is 0 Å². The molecule has 0 aliphatic rings. The van der Waals surface area contributed by atoms with Crippen LogP contribution in [0.4, 0.5) is 0 Å². The van der Waals surface area contributed by atoms with E-state index in [1.165, 1.54) is 77.0 Å². The first-order valence-electron chi connectivity index (χ1n) is 12.7. The molecule has 6 N–H and O–H groups in total. The lowest BCUT2D eigenvalue weighted by atomic mass is 10.1. The SMILES string of the molecule is NCCCCCCCCCCCNC(=O)C(=O)NCCCCCCCCCCCN. The second kappa shape index (κ2) is 24.1. The molecule has 0 aliphatic heterocycles. The molecule has 0 saturated carbocycles. The summed E-state index contributed by atoms with van der Waals surface area (Å²) in [5, 5.41) is 5.45. The fourth-order valence-corrected chi connectivity index (χ4v) is 3.58. The maximum atomic E-state index is 11.8. The Labute approximate surface area is 185 Å². The first-order valence-corrected chi connectivity index (χ1v) is 12.7. The van der Waals surface area contributed by atoms with Crippen molar-refractivity contribution in [3.63, 3.8) is 0 Å². The van der Waals surface area contributed by atoms with Gasteiger partial charge in [0.15, 0.2) is 0 Å². The summed E-state index contributed by atoms with van der Waals surface area (Å²) in [5.41, 5.74) is 11.0. The van der Waals surface area contributed by atoms with Crippen molar-refractivity contribution in [3.8, 4) is 0 Å². The van der Waals surface area contributed by atoms with Crippen LogP contribution in [0.3, 0.4) is 0 Å². The van der Waals surface area contributed by atoms with E-state index in [-0.39, 0.29) is 0 Å². The van der Waals surface area contributed by atoms with Gasteiger partial charge in [0.05, 0.1) is 0 Å². The second-order valence-electron chi connectivity index (χ2n) is 8.45. The van der Waals surface area contributed by atoms with Crippen LogP contribution in [0.1, 0.15) is 116 Å². The molecule has 6 heteroatoms. The summed E-state index contributed by atoms with van der Waals surface area (Å²) in [6.07, 6.45) is 21.5. The molecule has 178 valence electrons. The molecule has 2 amide bonds. The van der Waals surface area contributed by atoms with Crippen molar-refractivity contribution >= 4 is 11.8 Å². The normalized spacial score (nSPS) is 10.9. The van der Waals surface area contributed by atoms with Crippen molar-refractivity contribution in [2.24, 2.45) is 11.5 Å². The average molecular weight is 427 g/mol. The smallest absolute Gasteiger partial charge is 0.309 e. The maximum Gasteiger partial charge on any atom is 0.309 e. The van der Waals surface area contributed by atoms with E-state index < -0.39 is 11.8 Å². The molecule has 0 aromatic carbocycles. The molecule has 30 heavy (non-hydrogen) atoms. The summed E-state index contributed by atoms with van der Waals surface area (Å²) < 4.78 is 0. The average Bonchev–Trinajstić information content (AvgIpc) is 2.75. The molecule has 0 heterocycles. The van der Waals surface area contributed by atoms with E-state index in [1.54, 1.807) is 0 Å². The number of nitrogens with two attached hydrogens (primary N) is 2. The third-order valence-electron chi connectivity index (χ3n) is 5.54. The minimum Gasteiger partial charge on any atom is -0.348 e. The Hall–Kier alpha value is -1.14. The lowest BCUT2D eigenvalue weighted by molar-refractivity contribution is -0.139. The third-order valence-corrected chi connectivity index (χ3v) is 5.54. The molecule has 0 rings (SSSR count). The van der Waals surface area contributed by atoms with Crippen molar-refractivity contribution in [2.75, 3.05) is 26.2 Å². The molecule has 0 unspecified atom stereocenters. The van der Waals surface area contributed by atoms with E-state index in [0.717, 1.165) is 51.6 Å². The van der Waals surface area contributed by atoms with E-state index in [1.807, 2.05) is 0 Å². The highest BCUT2D eigenvalue weighted by atomic mass is 16.2. The fourth-order valence-electron chi connectivity index (χ4n) is 3.58. The van der Waals surface area contributed by atoms with E-state index in [4.69, 9.17) is 11.5 Å². The van der Waals surface area contributed by atoms with Gasteiger partial charge in [-0.25, -0.2) is 0 Å². The number of hydrogen-bond acceptors (Lipinski definition) is 4. The lowest BCUT2D eigenvalue weighted by Crippen LogP contribution is -2.40. The monoisotopic (exact) mass is 426 g/mol. The van der Waals surface area contributed by atoms with Gasteiger partial charge in [-0.3, -0.25) is 9.59 Å². The zero-order chi connectivity index (χ0) is 22.1. The van der Waals surface area contributed by atoms with E-state index in [2.05, 4.69) is 10.6 Å². The highest BCUT2D eigenvalue weighted by Crippen LogP contribution is 2.10. The topological polar surface area (TPSA) is 110 Å². The van der Waals surface area contributed by atoms with Crippen LogP contribution < -0.4 is 22.1 Å². The summed E-state index contributed by atoms with van der Waals surface area (Å²) in [6.45, 7) is 2.79. The Morgan fingerprint density at radius 2 is 0.633 bits per heavy atom. The van der Waals surface area contributed by atoms with Gasteiger partial charge in [-0.2, -0.15) is 0 Å². The molecule has 0 atom stereocenters. The van der Waals surface area contributed by atoms with Crippen molar-refractivity contribution < 1.29 is 9.59 Å². The first kappa shape index (κ1) is 28.9. The number of carbonyl (C=O) groups excluding carboxylic acids is 2. The van der Waals surface area contributed by atoms with Crippen molar-refractivity contribution in [1.29, 1.82) is 0 Å². The summed E-state index contributed by atoms with van der Waals surface area (Å²) in [7, 11) is 0. The molecule has 6 nitrogen and oxygen atoms in total. The maximum absolute atomic E-state index is 11.8. The molecule has 0 fully saturated rings. The first-order chi connectivity index (χ1) is 14.7. The number of amides is 2. The molecular formula is C24H50N4O2. The van der Waals surface area contributed by atoms with Gasteiger partial charge in [0.1, 0.15) is 0 Å². The summed E-state index contributed by atoms with van der Waals surface area (Å²) in [4.78, 5) is 23.6. The van der Waals surface area contributed by atoms with E-state index in [0.29, 0.717) is 13.1 Å². The molecule has 0 bridgehead atoms. The predicted molar refractivity (Wildman–Crippen MR) is 127 cm³/mol. The van der Waals surface area contributed by atoms with Gasteiger partial charge >= 0.3 is 11.8 Å². The Kier molecular flexibility index (Phi) is 23.2. The standard InChI is InChI=1S/C24H50N4O2/c25-19-15-11-7-3-1-5-9-13-17-21-27-23(29)24(30)28-22-18-14-10-6-2-4-8-12-16-20-26/h1-22,25-26H2,(H,27,29)(H,28,30). The van der Waals surface area contributed by atoms with Crippen LogP contribution in [-0.4, -0.2) is 38.0 Å². The zero-order valence-corrected chi connectivity index (χ0v) is 19.5. The quantitative estimate of drug-likeness (QED) is 0.154. The predicted octanol–water partition coefficient (Wildman–Crippen LogP) is 4.16. The number of unbranched alkanes of at least 4 members (excludes halogenated alkanes) is 16. The lowest BCUT2D eigenvalue weighted by Gasteiger charge is -2.07. The molecule has 0 spiro atoms. The molecular weight excluding hydrogens is 376 g/mol. The van der Waals surface area contributed by atoms with Crippen LogP contribution in [0.5, 0.6) is 0 Å². The van der Waals surface area contributed by atoms with Gasteiger partial charge in [-0.05, 0) is 38.8 Å². The Bertz CT molecular complexity index is 355. The molecule has 0 saturated heterocycles. The van der Waals surface area contributed by atoms with Crippen molar-refractivity contribution in [3.05, 3.63) is 0 Å². The van der Waals surface area contributed by atoms with Gasteiger partial charge in [0.25, 0.3) is 0 Å². The number of rotatable bonds is 22. The van der Waals surface area contributed by atoms with Gasteiger partial charge in [0.2, 0.25) is 0 Å². The van der Waals surface area contributed by atoms with Crippen molar-refractivity contribution in [1.82, 2.24) is 10.6 Å². The van der Waals surface area contributed by atoms with Crippen LogP contribution in [0, 0.1) is 0 Å². The fraction of sp³-hybridized carbons (Fsp3) is 0.917. The number of hydrogen-bond donors (Lipinski definition) is 4. The zero-order valence-electron chi connectivity index (χ0n) is 19.5. The van der Waals surface area contributed by atoms with Crippen LogP contribution >= 0.6 is 0 Å². The van der Waals surface area contributed by atoms with Gasteiger partial charge in [-0.1, -0.05) is 89.9 Å². The van der Waals surface area contributed by atoms with Gasteiger partial charge in [-0.15, -0.1) is 0 Å². The summed E-state index contributed by atoms with van der Waals surface area (Å²) in [5.74, 6) is -0.986. The van der Waals surface area contributed by atoms with Crippen molar-refractivity contribution in [2.45, 2.75) is 116 Å². The van der Waals surface area contributed by atoms with E-state index in [9.17, 15) is 9.59 Å². The summed E-state index contributed by atoms with van der Waals surface area (Å²) in [6, 6.07) is 0. The van der Waals surface area contributed by atoms with E-state index >= 15 is 0 Å². The molecule has 0 aliphatic carbocycles. The Balaban J connectivity index is 3.32. The van der Waals surface area contributed by atoms with Crippen LogP contribution in [0.15, 0.2) is 0 Å². The molecule has 0 aromatic heterocycles. The second-order valence-corrected chi connectivity index (χ2v) is 8.45. The van der Waals surface area contributed by atoms with Crippen LogP contribution in [0.25, 0.3) is 0 Å². The van der Waals surface area contributed by atoms with Gasteiger partial charge < -0.3 is 22.1 Å². The number of carbonyl (C=O) groups is 2. The molecule has 0 aromatic rings. The summed E-state index contributed by atoms with van der Waals surface area (Å²) >= 11 is 0. The highest BCUT2D eigenvalue weighted by molar-refractivity contribution is 6.35. The minimum absolute atomic E-state index is 0.493. The largest absolute Gasteiger partial charge is 0.348 e. The Morgan fingerprint density at radius 1 is 0.400 bits per heavy atom. The Morgan fingerprint density at radius 3 is 0.900 bits per heavy atom. The highest BCUT2D eigenvalue weighted by Gasteiger charge is 2.11. The van der Waals surface area contributed by atoms with Gasteiger partial charge in [0, 0.05) is 13.1 Å². The molecule has 0 radical (unpaired) electrons. The van der Waals surface area contributed by atoms with Crippen LogP contribution in [-0.2, 0) is 9.59 Å².